The second-order valence-corrected chi connectivity index (χ2v) is 8.24. The zero-order valence-corrected chi connectivity index (χ0v) is 18.2. The Balaban J connectivity index is 1.43. The van der Waals surface area contributed by atoms with Gasteiger partial charge in [-0.1, -0.05) is 0 Å². The molecule has 0 aromatic carbocycles. The molecular weight excluding hydrogens is 416 g/mol. The number of fused-ring (bicyclic) bond motifs is 1. The Morgan fingerprint density at radius 1 is 1.24 bits per heavy atom. The minimum absolute atomic E-state index is 0.0981. The van der Waals surface area contributed by atoms with Crippen LogP contribution in [0.15, 0.2) is 37.2 Å². The number of nitrogens with zero attached hydrogens (tertiary/aromatic N) is 9. The van der Waals surface area contributed by atoms with Crippen LogP contribution in [0.3, 0.4) is 0 Å². The van der Waals surface area contributed by atoms with Gasteiger partial charge in [-0.2, -0.15) is 15.6 Å². The van der Waals surface area contributed by atoms with Crippen molar-refractivity contribution in [3.63, 3.8) is 0 Å². The minimum Gasteiger partial charge on any atom is -0.354 e. The summed E-state index contributed by atoms with van der Waals surface area (Å²) in [5.41, 5.74) is 3.53. The molecule has 5 heterocycles. The lowest BCUT2D eigenvalue weighted by Crippen LogP contribution is -2.40. The summed E-state index contributed by atoms with van der Waals surface area (Å²) < 4.78 is 1.89. The molecule has 1 aliphatic rings. The Bertz CT molecular complexity index is 1370. The quantitative estimate of drug-likeness (QED) is 0.502. The Morgan fingerprint density at radius 2 is 2.15 bits per heavy atom. The van der Waals surface area contributed by atoms with Crippen molar-refractivity contribution in [3.05, 3.63) is 48.6 Å². The average molecular weight is 438 g/mol. The summed E-state index contributed by atoms with van der Waals surface area (Å²) >= 11 is 0. The number of H-pyrrole nitrogens is 1. The fourth-order valence-corrected chi connectivity index (χ4v) is 4.61. The van der Waals surface area contributed by atoms with Crippen molar-refractivity contribution in [1.82, 2.24) is 34.7 Å². The van der Waals surface area contributed by atoms with Crippen LogP contribution >= 0.6 is 0 Å². The van der Waals surface area contributed by atoms with E-state index in [-0.39, 0.29) is 12.0 Å². The highest BCUT2D eigenvalue weighted by molar-refractivity contribution is 5.89. The van der Waals surface area contributed by atoms with E-state index in [0.29, 0.717) is 24.5 Å². The number of aromatic nitrogens is 7. The standard InChI is InChI=1S/C23H22N10/c1-15-10-27-23(19(9-25)31-15)32-8-2-3-16(12-32)20(4-6-24)33-13-17(11-30-33)21-18-5-7-26-22(18)29-14-28-21/h5,7,10-11,13-14,16,20H,2-4,8,12H2,1H3,(H,26,28,29)/t16-,20-/m0/s1. The lowest BCUT2D eigenvalue weighted by atomic mass is 9.89. The maximum absolute atomic E-state index is 9.57. The van der Waals surface area contributed by atoms with Gasteiger partial charge in [0, 0.05) is 36.4 Å². The second kappa shape index (κ2) is 8.67. The Labute approximate surface area is 190 Å². The van der Waals surface area contributed by atoms with Crippen molar-refractivity contribution in [2.45, 2.75) is 32.2 Å². The first kappa shape index (κ1) is 20.6. The molecule has 5 rings (SSSR count). The van der Waals surface area contributed by atoms with Crippen LogP contribution in [0, 0.1) is 35.5 Å². The van der Waals surface area contributed by atoms with E-state index in [2.05, 4.69) is 47.1 Å². The summed E-state index contributed by atoms with van der Waals surface area (Å²) in [5, 5.41) is 24.6. The van der Waals surface area contributed by atoms with Gasteiger partial charge in [0.15, 0.2) is 11.5 Å². The van der Waals surface area contributed by atoms with Crippen molar-refractivity contribution < 1.29 is 0 Å². The highest BCUT2D eigenvalue weighted by Gasteiger charge is 2.31. The number of piperidine rings is 1. The second-order valence-electron chi connectivity index (χ2n) is 8.24. The number of nitrogens with one attached hydrogen (secondary N) is 1. The lowest BCUT2D eigenvalue weighted by molar-refractivity contribution is 0.268. The largest absolute Gasteiger partial charge is 0.354 e. The molecule has 1 fully saturated rings. The third-order valence-electron chi connectivity index (χ3n) is 6.15. The van der Waals surface area contributed by atoms with E-state index in [4.69, 9.17) is 0 Å². The normalized spacial score (nSPS) is 16.9. The molecule has 164 valence electrons. The van der Waals surface area contributed by atoms with Gasteiger partial charge in [0.25, 0.3) is 0 Å². The zero-order chi connectivity index (χ0) is 22.8. The number of hydrogen-bond donors (Lipinski definition) is 1. The van der Waals surface area contributed by atoms with Gasteiger partial charge in [0.05, 0.1) is 42.3 Å². The monoisotopic (exact) mass is 438 g/mol. The van der Waals surface area contributed by atoms with Gasteiger partial charge in [-0.3, -0.25) is 4.68 Å². The number of nitriles is 2. The van der Waals surface area contributed by atoms with E-state index < -0.39 is 0 Å². The van der Waals surface area contributed by atoms with Crippen molar-refractivity contribution in [1.29, 1.82) is 10.5 Å². The van der Waals surface area contributed by atoms with E-state index in [0.717, 1.165) is 47.4 Å². The van der Waals surface area contributed by atoms with E-state index in [1.165, 1.54) is 6.33 Å². The molecule has 0 bridgehead atoms. The summed E-state index contributed by atoms with van der Waals surface area (Å²) in [6.45, 7) is 3.32. The lowest BCUT2D eigenvalue weighted by Gasteiger charge is -2.37. The van der Waals surface area contributed by atoms with E-state index in [9.17, 15) is 10.5 Å². The van der Waals surface area contributed by atoms with Gasteiger partial charge in [-0.15, -0.1) is 0 Å². The van der Waals surface area contributed by atoms with E-state index >= 15 is 0 Å². The summed E-state index contributed by atoms with van der Waals surface area (Å²) in [6, 6.07) is 6.35. The first-order valence-electron chi connectivity index (χ1n) is 10.9. The number of anilines is 1. The Morgan fingerprint density at radius 3 is 3.00 bits per heavy atom. The smallest absolute Gasteiger partial charge is 0.183 e. The van der Waals surface area contributed by atoms with Gasteiger partial charge >= 0.3 is 0 Å². The van der Waals surface area contributed by atoms with Crippen LogP contribution in [0.5, 0.6) is 0 Å². The van der Waals surface area contributed by atoms with Crippen molar-refractivity contribution in [2.75, 3.05) is 18.0 Å². The third-order valence-corrected chi connectivity index (χ3v) is 6.15. The van der Waals surface area contributed by atoms with Crippen LogP contribution in [0.1, 0.15) is 36.7 Å². The van der Waals surface area contributed by atoms with Gasteiger partial charge in [-0.05, 0) is 31.7 Å². The molecule has 0 amide bonds. The summed E-state index contributed by atoms with van der Waals surface area (Å²) in [6.07, 6.45) is 11.1. The van der Waals surface area contributed by atoms with Gasteiger partial charge in [0.1, 0.15) is 18.0 Å². The first-order chi connectivity index (χ1) is 16.2. The number of hydrogen-bond acceptors (Lipinski definition) is 8. The fraction of sp³-hybridized carbons (Fsp3) is 0.348. The highest BCUT2D eigenvalue weighted by atomic mass is 15.3. The molecule has 33 heavy (non-hydrogen) atoms. The maximum atomic E-state index is 9.57. The highest BCUT2D eigenvalue weighted by Crippen LogP contribution is 2.33. The molecular formula is C23H22N10. The van der Waals surface area contributed by atoms with Gasteiger partial charge in [0.2, 0.25) is 0 Å². The molecule has 0 radical (unpaired) electrons. The van der Waals surface area contributed by atoms with Crippen LogP contribution in [-0.4, -0.2) is 47.8 Å². The van der Waals surface area contributed by atoms with Crippen LogP contribution in [-0.2, 0) is 0 Å². The van der Waals surface area contributed by atoms with Crippen molar-refractivity contribution >= 4 is 16.9 Å². The molecule has 4 aromatic rings. The van der Waals surface area contributed by atoms with Crippen LogP contribution in [0.4, 0.5) is 5.82 Å². The molecule has 1 N–H and O–H groups in total. The molecule has 1 saturated heterocycles. The Hall–Kier alpha value is -4.31. The molecule has 0 unspecified atom stereocenters. The molecule has 0 spiro atoms. The van der Waals surface area contributed by atoms with Crippen LogP contribution in [0.25, 0.3) is 22.3 Å². The Kier molecular flexibility index (Phi) is 5.41. The fourth-order valence-electron chi connectivity index (χ4n) is 4.61. The summed E-state index contributed by atoms with van der Waals surface area (Å²) in [4.78, 5) is 22.8. The third kappa shape index (κ3) is 3.87. The molecule has 10 heteroatoms. The summed E-state index contributed by atoms with van der Waals surface area (Å²) in [5.74, 6) is 0.791. The van der Waals surface area contributed by atoms with Gasteiger partial charge in [-0.25, -0.2) is 19.9 Å². The predicted octanol–water partition coefficient (Wildman–Crippen LogP) is 3.16. The molecule has 0 saturated carbocycles. The first-order valence-corrected chi connectivity index (χ1v) is 10.9. The molecule has 0 aliphatic carbocycles. The molecule has 1 aliphatic heterocycles. The van der Waals surface area contributed by atoms with Gasteiger partial charge < -0.3 is 9.88 Å². The predicted molar refractivity (Wildman–Crippen MR) is 121 cm³/mol. The molecule has 2 atom stereocenters. The minimum atomic E-state index is -0.0981. The average Bonchev–Trinajstić information content (AvgIpc) is 3.52. The SMILES string of the molecule is Cc1cnc(N2CCC[C@H]([C@H](CC#N)n3cc(-c4ncnc5[nH]ccc45)cn3)C2)c(C#N)n1. The van der Waals surface area contributed by atoms with E-state index in [1.807, 2.05) is 30.1 Å². The number of aromatic amines is 1. The topological polar surface area (TPSA) is 136 Å². The number of rotatable bonds is 5. The van der Waals surface area contributed by atoms with Crippen LogP contribution in [0.2, 0.25) is 0 Å². The molecule has 4 aromatic heterocycles. The van der Waals surface area contributed by atoms with Crippen LogP contribution < -0.4 is 4.90 Å². The maximum Gasteiger partial charge on any atom is 0.183 e. The number of aryl methyl sites for hydroxylation is 1. The van der Waals surface area contributed by atoms with Crippen molar-refractivity contribution in [2.24, 2.45) is 5.92 Å². The summed E-state index contributed by atoms with van der Waals surface area (Å²) in [7, 11) is 0. The van der Waals surface area contributed by atoms with E-state index in [1.54, 1.807) is 12.4 Å². The molecule has 10 nitrogen and oxygen atoms in total. The zero-order valence-electron chi connectivity index (χ0n) is 18.2. The van der Waals surface area contributed by atoms with Crippen molar-refractivity contribution in [3.8, 4) is 23.4 Å².